The van der Waals surface area contributed by atoms with Gasteiger partial charge in [-0.3, -0.25) is 14.5 Å². The first kappa shape index (κ1) is 17.2. The summed E-state index contributed by atoms with van der Waals surface area (Å²) in [5, 5.41) is 2.74. The molecule has 3 aliphatic rings. The van der Waals surface area contributed by atoms with Gasteiger partial charge in [0.25, 0.3) is 5.91 Å². The summed E-state index contributed by atoms with van der Waals surface area (Å²) in [5.74, 6) is -0.670. The average molecular weight is 357 g/mol. The Morgan fingerprint density at radius 1 is 1.33 bits per heavy atom. The predicted molar refractivity (Wildman–Crippen MR) is 85.9 cm³/mol. The molecule has 1 spiro atoms. The highest BCUT2D eigenvalue weighted by atomic mass is 32.2. The van der Waals surface area contributed by atoms with E-state index in [1.807, 2.05) is 0 Å². The zero-order valence-electron chi connectivity index (χ0n) is 13.8. The van der Waals surface area contributed by atoms with Crippen molar-refractivity contribution < 1.29 is 22.8 Å². The second-order valence-electron chi connectivity index (χ2n) is 6.85. The summed E-state index contributed by atoms with van der Waals surface area (Å²) >= 11 is 0. The first-order valence-corrected chi connectivity index (χ1v) is 10.2. The molecule has 2 saturated heterocycles. The normalized spacial score (nSPS) is 27.7. The third-order valence-corrected chi connectivity index (χ3v) is 7.06. The molecule has 1 N–H and O–H groups in total. The number of amides is 4. The molecule has 24 heavy (non-hydrogen) atoms. The molecule has 2 heterocycles. The lowest BCUT2D eigenvalue weighted by molar-refractivity contribution is -0.139. The number of nitrogens with one attached hydrogen (secondary N) is 1. The fourth-order valence-electron chi connectivity index (χ4n) is 4.02. The van der Waals surface area contributed by atoms with Crippen LogP contribution in [-0.2, 0) is 19.4 Å². The number of nitrogens with zero attached hydrogens (tertiary/aromatic N) is 2. The molecule has 1 saturated carbocycles. The lowest BCUT2D eigenvalue weighted by atomic mass is 9.98. The van der Waals surface area contributed by atoms with E-state index in [-0.39, 0.29) is 35.9 Å². The maximum Gasteiger partial charge on any atom is 0.325 e. The lowest BCUT2D eigenvalue weighted by Crippen LogP contribution is -2.48. The van der Waals surface area contributed by atoms with Crippen molar-refractivity contribution in [1.82, 2.24) is 15.1 Å². The summed E-state index contributed by atoms with van der Waals surface area (Å²) < 4.78 is 23.3. The Morgan fingerprint density at radius 3 is 2.54 bits per heavy atom. The van der Waals surface area contributed by atoms with Crippen molar-refractivity contribution in [1.29, 1.82) is 0 Å². The zero-order chi connectivity index (χ0) is 17.5. The van der Waals surface area contributed by atoms with Gasteiger partial charge in [0.15, 0.2) is 9.84 Å². The number of urea groups is 1. The van der Waals surface area contributed by atoms with Gasteiger partial charge in [0, 0.05) is 12.6 Å². The van der Waals surface area contributed by atoms with Crippen LogP contribution in [0, 0.1) is 0 Å². The SMILES string of the molecule is CCN(C(=O)CN1C(=O)NC2(CCCC2)C1=O)[C@@H]1CCS(=O)(=O)C1. The van der Waals surface area contributed by atoms with Crippen LogP contribution in [0.25, 0.3) is 0 Å². The smallest absolute Gasteiger partial charge is 0.325 e. The number of rotatable bonds is 4. The summed E-state index contributed by atoms with van der Waals surface area (Å²) in [5.41, 5.74) is -0.828. The average Bonchev–Trinajstić information content (AvgIpc) is 3.17. The highest BCUT2D eigenvalue weighted by molar-refractivity contribution is 7.91. The zero-order valence-corrected chi connectivity index (χ0v) is 14.6. The van der Waals surface area contributed by atoms with Crippen molar-refractivity contribution in [2.75, 3.05) is 24.6 Å². The number of sulfone groups is 1. The fraction of sp³-hybridized carbons (Fsp3) is 0.800. The minimum atomic E-state index is -3.10. The standard InChI is InChI=1S/C15H23N3O5S/c1-2-17(11-5-8-24(22,23)10-11)12(19)9-18-13(20)15(16-14(18)21)6-3-4-7-15/h11H,2-10H2,1H3,(H,16,21)/t11-/m1/s1. The van der Waals surface area contributed by atoms with Crippen LogP contribution in [-0.4, -0.2) is 72.2 Å². The van der Waals surface area contributed by atoms with E-state index in [1.165, 1.54) is 4.90 Å². The molecule has 0 aromatic heterocycles. The number of likely N-dealkylation sites (N-methyl/N-ethyl adjacent to an activating group) is 1. The third-order valence-electron chi connectivity index (χ3n) is 5.31. The van der Waals surface area contributed by atoms with E-state index in [0.29, 0.717) is 25.8 Å². The summed E-state index contributed by atoms with van der Waals surface area (Å²) in [7, 11) is -3.10. The Kier molecular flexibility index (Phi) is 4.31. The Morgan fingerprint density at radius 2 is 2.00 bits per heavy atom. The van der Waals surface area contributed by atoms with Crippen molar-refractivity contribution in [3.63, 3.8) is 0 Å². The van der Waals surface area contributed by atoms with Gasteiger partial charge in [-0.2, -0.15) is 0 Å². The van der Waals surface area contributed by atoms with Crippen LogP contribution in [0.5, 0.6) is 0 Å². The van der Waals surface area contributed by atoms with Crippen molar-refractivity contribution >= 4 is 27.7 Å². The summed E-state index contributed by atoms with van der Waals surface area (Å²) in [4.78, 5) is 39.8. The Hall–Kier alpha value is -1.64. The predicted octanol–water partition coefficient (Wildman–Crippen LogP) is -0.113. The molecule has 0 bridgehead atoms. The number of hydrogen-bond donors (Lipinski definition) is 1. The van der Waals surface area contributed by atoms with Crippen molar-refractivity contribution in [3.8, 4) is 0 Å². The molecule has 2 aliphatic heterocycles. The Bertz CT molecular complexity index is 669. The minimum absolute atomic E-state index is 0.0450. The van der Waals surface area contributed by atoms with E-state index >= 15 is 0 Å². The van der Waals surface area contributed by atoms with E-state index in [2.05, 4.69) is 5.32 Å². The first-order valence-electron chi connectivity index (χ1n) is 8.42. The number of carbonyl (C=O) groups is 3. The fourth-order valence-corrected chi connectivity index (χ4v) is 5.75. The van der Waals surface area contributed by atoms with Crippen molar-refractivity contribution in [2.45, 2.75) is 50.6 Å². The maximum atomic E-state index is 12.6. The molecule has 0 aromatic carbocycles. The molecule has 0 aromatic rings. The molecule has 9 heteroatoms. The van der Waals surface area contributed by atoms with Gasteiger partial charge in [-0.05, 0) is 26.2 Å². The van der Waals surface area contributed by atoms with Crippen LogP contribution in [0.15, 0.2) is 0 Å². The van der Waals surface area contributed by atoms with Crippen LogP contribution in [0.3, 0.4) is 0 Å². The first-order chi connectivity index (χ1) is 11.3. The van der Waals surface area contributed by atoms with Gasteiger partial charge in [-0.15, -0.1) is 0 Å². The molecular weight excluding hydrogens is 334 g/mol. The molecule has 1 atom stereocenters. The minimum Gasteiger partial charge on any atom is -0.337 e. The number of imide groups is 1. The van der Waals surface area contributed by atoms with Crippen molar-refractivity contribution in [3.05, 3.63) is 0 Å². The van der Waals surface area contributed by atoms with Crippen LogP contribution in [0.4, 0.5) is 4.79 Å². The highest BCUT2D eigenvalue weighted by Gasteiger charge is 2.53. The largest absolute Gasteiger partial charge is 0.337 e. The number of hydrogen-bond acceptors (Lipinski definition) is 5. The van der Waals surface area contributed by atoms with E-state index < -0.39 is 21.4 Å². The van der Waals surface area contributed by atoms with Gasteiger partial charge >= 0.3 is 6.03 Å². The van der Waals surface area contributed by atoms with Gasteiger partial charge in [-0.1, -0.05) is 12.8 Å². The summed E-state index contributed by atoms with van der Waals surface area (Å²) in [6, 6.07) is -0.890. The van der Waals surface area contributed by atoms with Gasteiger partial charge in [-0.25, -0.2) is 13.2 Å². The summed E-state index contributed by atoms with van der Waals surface area (Å²) in [6.45, 7) is 1.80. The molecular formula is C15H23N3O5S. The van der Waals surface area contributed by atoms with Gasteiger partial charge < -0.3 is 10.2 Å². The quantitative estimate of drug-likeness (QED) is 0.707. The second-order valence-corrected chi connectivity index (χ2v) is 9.08. The Labute approximate surface area is 141 Å². The third kappa shape index (κ3) is 2.89. The van der Waals surface area contributed by atoms with E-state index in [0.717, 1.165) is 17.7 Å². The molecule has 0 unspecified atom stereocenters. The molecule has 0 radical (unpaired) electrons. The van der Waals surface area contributed by atoms with Gasteiger partial charge in [0.2, 0.25) is 5.91 Å². The van der Waals surface area contributed by atoms with E-state index in [9.17, 15) is 22.8 Å². The van der Waals surface area contributed by atoms with Gasteiger partial charge in [0.05, 0.1) is 11.5 Å². The molecule has 8 nitrogen and oxygen atoms in total. The second kappa shape index (κ2) is 6.02. The van der Waals surface area contributed by atoms with Gasteiger partial charge in [0.1, 0.15) is 12.1 Å². The number of carbonyl (C=O) groups excluding carboxylic acids is 3. The topological polar surface area (TPSA) is 104 Å². The molecule has 3 rings (SSSR count). The maximum absolute atomic E-state index is 12.6. The van der Waals surface area contributed by atoms with E-state index in [1.54, 1.807) is 6.92 Å². The van der Waals surface area contributed by atoms with E-state index in [4.69, 9.17) is 0 Å². The summed E-state index contributed by atoms with van der Waals surface area (Å²) in [6.07, 6.45) is 3.40. The monoisotopic (exact) mass is 357 g/mol. The molecule has 134 valence electrons. The highest BCUT2D eigenvalue weighted by Crippen LogP contribution is 2.35. The van der Waals surface area contributed by atoms with Crippen LogP contribution in [0.1, 0.15) is 39.0 Å². The van der Waals surface area contributed by atoms with Crippen LogP contribution in [0.2, 0.25) is 0 Å². The van der Waals surface area contributed by atoms with Crippen LogP contribution < -0.4 is 5.32 Å². The van der Waals surface area contributed by atoms with Crippen LogP contribution >= 0.6 is 0 Å². The van der Waals surface area contributed by atoms with Crippen molar-refractivity contribution in [2.24, 2.45) is 0 Å². The molecule has 3 fully saturated rings. The lowest BCUT2D eigenvalue weighted by Gasteiger charge is -2.28. The molecule has 1 aliphatic carbocycles. The molecule has 4 amide bonds. The Balaban J connectivity index is 1.69.